The zero-order valence-electron chi connectivity index (χ0n) is 21.6. The van der Waals surface area contributed by atoms with E-state index >= 15 is 0 Å². The highest BCUT2D eigenvalue weighted by atomic mass is 32.1. The number of hydrogen-bond donors (Lipinski definition) is 3. The fraction of sp³-hybridized carbons (Fsp3) is 0.0968. The van der Waals surface area contributed by atoms with Crippen molar-refractivity contribution in [3.63, 3.8) is 0 Å². The summed E-state index contributed by atoms with van der Waals surface area (Å²) in [5.41, 5.74) is 7.37. The lowest BCUT2D eigenvalue weighted by Crippen LogP contribution is -2.20. The second-order valence-electron chi connectivity index (χ2n) is 9.91. The van der Waals surface area contributed by atoms with Crippen LogP contribution in [0.2, 0.25) is 0 Å². The molecule has 0 saturated heterocycles. The Morgan fingerprint density at radius 1 is 0.900 bits per heavy atom. The van der Waals surface area contributed by atoms with E-state index in [4.69, 9.17) is 34.3 Å². The monoisotopic (exact) mass is 561 g/mol. The van der Waals surface area contributed by atoms with Crippen LogP contribution < -0.4 is 4.74 Å². The fourth-order valence-electron chi connectivity index (χ4n) is 5.60. The summed E-state index contributed by atoms with van der Waals surface area (Å²) in [5, 5.41) is 5.71. The molecule has 0 bridgehead atoms. The summed E-state index contributed by atoms with van der Waals surface area (Å²) >= 11 is 11.1. The van der Waals surface area contributed by atoms with Crippen LogP contribution in [0.1, 0.15) is 44.4 Å². The molecule has 40 heavy (non-hydrogen) atoms. The standard InChI is InChI=1S/C31H23N5O2S2/c1-16-13-14-21-20(15-16)23(18-9-5-3-6-10-18)26(32-21)29(37)36-30-22(17(2)35-36)24(19-11-7-4-8-12-19)25-27(38-30)33-31(40)34-28(25)39/h3-15,24,32H,1-2H3,(H2,33,34,39,40). The first-order valence-electron chi connectivity index (χ1n) is 12.8. The maximum absolute atomic E-state index is 14.4. The summed E-state index contributed by atoms with van der Waals surface area (Å²) in [6, 6.07) is 26.0. The molecule has 0 spiro atoms. The van der Waals surface area contributed by atoms with E-state index in [-0.39, 0.29) is 11.8 Å². The Morgan fingerprint density at radius 3 is 2.38 bits per heavy atom. The molecule has 196 valence electrons. The summed E-state index contributed by atoms with van der Waals surface area (Å²) in [6.45, 7) is 3.93. The topological polar surface area (TPSA) is 91.5 Å². The molecule has 4 heterocycles. The van der Waals surface area contributed by atoms with Gasteiger partial charge in [-0.3, -0.25) is 4.79 Å². The number of hydrogen-bond acceptors (Lipinski definition) is 5. The molecule has 1 aliphatic heterocycles. The van der Waals surface area contributed by atoms with Gasteiger partial charge in [0.05, 0.1) is 16.8 Å². The van der Waals surface area contributed by atoms with E-state index in [1.165, 1.54) is 4.68 Å². The maximum Gasteiger partial charge on any atom is 0.298 e. The number of fused-ring (bicyclic) bond motifs is 3. The molecule has 0 amide bonds. The molecule has 1 aliphatic rings. The highest BCUT2D eigenvalue weighted by Gasteiger charge is 2.38. The second-order valence-corrected chi connectivity index (χ2v) is 10.7. The summed E-state index contributed by atoms with van der Waals surface area (Å²) < 4.78 is 8.55. The van der Waals surface area contributed by atoms with Crippen molar-refractivity contribution in [2.75, 3.05) is 0 Å². The normalized spacial score (nSPS) is 14.0. The van der Waals surface area contributed by atoms with Gasteiger partial charge in [-0.15, -0.1) is 0 Å². The number of ether oxygens (including phenoxy) is 1. The van der Waals surface area contributed by atoms with Crippen LogP contribution >= 0.6 is 24.4 Å². The average Bonchev–Trinajstić information content (AvgIpc) is 3.49. The van der Waals surface area contributed by atoms with Crippen molar-refractivity contribution in [3.05, 3.63) is 122 Å². The van der Waals surface area contributed by atoms with Crippen molar-refractivity contribution in [1.29, 1.82) is 0 Å². The van der Waals surface area contributed by atoms with Crippen molar-refractivity contribution in [2.24, 2.45) is 0 Å². The second kappa shape index (κ2) is 9.25. The molecule has 0 fully saturated rings. The van der Waals surface area contributed by atoms with Gasteiger partial charge in [-0.05, 0) is 49.3 Å². The number of carbonyl (C=O) groups excluding carboxylic acids is 1. The molecule has 0 radical (unpaired) electrons. The van der Waals surface area contributed by atoms with E-state index in [1.807, 2.05) is 86.6 Å². The molecule has 9 heteroatoms. The molecule has 7 rings (SSSR count). The van der Waals surface area contributed by atoms with E-state index in [9.17, 15) is 4.79 Å². The summed E-state index contributed by atoms with van der Waals surface area (Å²) in [4.78, 5) is 23.9. The van der Waals surface area contributed by atoms with Gasteiger partial charge >= 0.3 is 0 Å². The van der Waals surface area contributed by atoms with Gasteiger partial charge in [0.25, 0.3) is 5.91 Å². The molecule has 6 aromatic rings. The molecule has 3 aromatic heterocycles. The molecule has 1 atom stereocenters. The van der Waals surface area contributed by atoms with E-state index in [1.54, 1.807) is 0 Å². The minimum absolute atomic E-state index is 0.309. The van der Waals surface area contributed by atoms with Gasteiger partial charge < -0.3 is 19.7 Å². The minimum Gasteiger partial charge on any atom is -0.422 e. The van der Waals surface area contributed by atoms with Gasteiger partial charge in [-0.2, -0.15) is 9.78 Å². The summed E-state index contributed by atoms with van der Waals surface area (Å²) in [5.74, 6) is 0.103. The van der Waals surface area contributed by atoms with Gasteiger partial charge in [-0.1, -0.05) is 84.5 Å². The van der Waals surface area contributed by atoms with Crippen LogP contribution in [0.3, 0.4) is 0 Å². The SMILES string of the molecule is Cc1ccc2[nH]c(C(=O)n3nc(C)c4c3Oc3[nH]c(=S)[nH]c(=S)c3C4c3ccccc3)c(-c3ccccc3)c2c1. The molecular formula is C31H23N5O2S2. The van der Waals surface area contributed by atoms with E-state index < -0.39 is 0 Å². The highest BCUT2D eigenvalue weighted by molar-refractivity contribution is 7.72. The molecule has 3 aromatic carbocycles. The molecule has 3 N–H and O–H groups in total. The number of carbonyl (C=O) groups is 1. The number of H-pyrrole nitrogens is 3. The molecule has 0 aliphatic carbocycles. The Morgan fingerprint density at radius 2 is 1.62 bits per heavy atom. The number of aromatic nitrogens is 5. The van der Waals surface area contributed by atoms with Gasteiger partial charge in [0.15, 0.2) is 4.77 Å². The summed E-state index contributed by atoms with van der Waals surface area (Å²) in [6.07, 6.45) is 0. The highest BCUT2D eigenvalue weighted by Crippen LogP contribution is 2.48. The number of aromatic amines is 3. The van der Waals surface area contributed by atoms with E-state index in [2.05, 4.69) is 21.0 Å². The van der Waals surface area contributed by atoms with Crippen LogP contribution in [0.4, 0.5) is 0 Å². The van der Waals surface area contributed by atoms with Crippen LogP contribution in [0.5, 0.6) is 11.8 Å². The molecule has 0 saturated carbocycles. The van der Waals surface area contributed by atoms with Gasteiger partial charge in [-0.25, -0.2) is 0 Å². The third kappa shape index (κ3) is 3.77. The number of aryl methyl sites for hydroxylation is 2. The van der Waals surface area contributed by atoms with Crippen LogP contribution in [0.25, 0.3) is 22.0 Å². The van der Waals surface area contributed by atoms with Crippen LogP contribution in [0, 0.1) is 23.3 Å². The van der Waals surface area contributed by atoms with Crippen LogP contribution in [-0.2, 0) is 0 Å². The first-order chi connectivity index (χ1) is 19.4. The lowest BCUT2D eigenvalue weighted by molar-refractivity contribution is 0.0931. The quantitative estimate of drug-likeness (QED) is 0.192. The number of benzene rings is 3. The maximum atomic E-state index is 14.4. The number of nitrogens with zero attached hydrogens (tertiary/aromatic N) is 2. The minimum atomic E-state index is -0.327. The Bertz CT molecular complexity index is 2070. The van der Waals surface area contributed by atoms with Crippen LogP contribution in [0.15, 0.2) is 78.9 Å². The lowest BCUT2D eigenvalue weighted by Gasteiger charge is -2.26. The largest absolute Gasteiger partial charge is 0.422 e. The predicted octanol–water partition coefficient (Wildman–Crippen LogP) is 7.74. The third-order valence-corrected chi connectivity index (χ3v) is 7.86. The van der Waals surface area contributed by atoms with Crippen molar-refractivity contribution < 1.29 is 9.53 Å². The smallest absolute Gasteiger partial charge is 0.298 e. The van der Waals surface area contributed by atoms with Crippen LogP contribution in [-0.4, -0.2) is 30.6 Å². The van der Waals surface area contributed by atoms with E-state index in [0.717, 1.165) is 44.3 Å². The van der Waals surface area contributed by atoms with Crippen molar-refractivity contribution in [2.45, 2.75) is 19.8 Å². The fourth-order valence-corrected chi connectivity index (χ4v) is 6.17. The zero-order valence-corrected chi connectivity index (χ0v) is 23.2. The van der Waals surface area contributed by atoms with Gasteiger partial charge in [0.2, 0.25) is 11.8 Å². The number of rotatable bonds is 3. The first-order valence-corrected chi connectivity index (χ1v) is 13.6. The Hall–Kier alpha value is -4.60. The number of nitrogens with one attached hydrogen (secondary N) is 3. The Labute approximate surface area is 239 Å². The van der Waals surface area contributed by atoms with Crippen molar-refractivity contribution >= 4 is 41.2 Å². The first kappa shape index (κ1) is 24.4. The molecule has 1 unspecified atom stereocenters. The average molecular weight is 562 g/mol. The predicted molar refractivity (Wildman–Crippen MR) is 159 cm³/mol. The molecular weight excluding hydrogens is 539 g/mol. The third-order valence-electron chi connectivity index (χ3n) is 7.34. The van der Waals surface area contributed by atoms with E-state index in [0.29, 0.717) is 32.6 Å². The lowest BCUT2D eigenvalue weighted by atomic mass is 9.85. The molecule has 7 nitrogen and oxygen atoms in total. The Kier molecular flexibility index (Phi) is 5.65. The summed E-state index contributed by atoms with van der Waals surface area (Å²) in [7, 11) is 0. The Balaban J connectivity index is 1.47. The van der Waals surface area contributed by atoms with Gasteiger partial charge in [0.1, 0.15) is 10.3 Å². The zero-order chi connectivity index (χ0) is 27.5. The van der Waals surface area contributed by atoms with Crippen molar-refractivity contribution in [1.82, 2.24) is 24.7 Å². The van der Waals surface area contributed by atoms with Crippen molar-refractivity contribution in [3.8, 4) is 22.9 Å². The van der Waals surface area contributed by atoms with Gasteiger partial charge in [0, 0.05) is 22.4 Å².